The van der Waals surface area contributed by atoms with Gasteiger partial charge in [0.15, 0.2) is 15.6 Å². The molecule has 0 aliphatic heterocycles. The number of hydrogen-bond donors (Lipinski definition) is 0. The van der Waals surface area contributed by atoms with Crippen LogP contribution in [0.2, 0.25) is 0 Å². The van der Waals surface area contributed by atoms with Crippen LogP contribution >= 0.6 is 0 Å². The fourth-order valence-corrected chi connectivity index (χ4v) is 2.57. The van der Waals surface area contributed by atoms with Crippen molar-refractivity contribution < 1.29 is 13.2 Å². The predicted molar refractivity (Wildman–Crippen MR) is 62.1 cm³/mol. The van der Waals surface area contributed by atoms with Gasteiger partial charge in [-0.05, 0) is 6.07 Å². The van der Waals surface area contributed by atoms with Crippen molar-refractivity contribution in [1.29, 1.82) is 0 Å². The summed E-state index contributed by atoms with van der Waals surface area (Å²) in [5.74, 6) is -0.219. The first-order valence-corrected chi connectivity index (χ1v) is 6.55. The van der Waals surface area contributed by atoms with Gasteiger partial charge in [-0.2, -0.15) is 0 Å². The van der Waals surface area contributed by atoms with E-state index < -0.39 is 9.84 Å². The fraction of sp³-hybridized carbons (Fsp3) is 0.0833. The van der Waals surface area contributed by atoms with Crippen molar-refractivity contribution in [1.82, 2.24) is 0 Å². The number of sulfone groups is 1. The molecule has 1 aromatic rings. The first-order chi connectivity index (χ1) is 7.41. The van der Waals surface area contributed by atoms with Crippen LogP contribution in [0, 0.1) is 0 Å². The fourth-order valence-electron chi connectivity index (χ4n) is 1.67. The molecule has 0 radical (unpaired) electrons. The van der Waals surface area contributed by atoms with E-state index in [1.807, 2.05) is 0 Å². The third-order valence-electron chi connectivity index (χ3n) is 2.45. The highest BCUT2D eigenvalue weighted by Gasteiger charge is 2.22. The van der Waals surface area contributed by atoms with E-state index in [0.717, 1.165) is 6.26 Å². The third kappa shape index (κ3) is 1.61. The van der Waals surface area contributed by atoms with E-state index in [2.05, 4.69) is 6.58 Å². The maximum Gasteiger partial charge on any atom is 0.193 e. The van der Waals surface area contributed by atoms with Gasteiger partial charge in [0.1, 0.15) is 0 Å². The standard InChI is InChI=1S/C12H10O3S/c1-8-6-7-9-10(12(8)13)4-3-5-11(9)16(2,14)15/h3-7H,1H2,2H3. The van der Waals surface area contributed by atoms with Crippen LogP contribution in [0.15, 0.2) is 41.3 Å². The van der Waals surface area contributed by atoms with Crippen molar-refractivity contribution in [3.8, 4) is 0 Å². The molecular formula is C12H10O3S. The Morgan fingerprint density at radius 3 is 2.50 bits per heavy atom. The predicted octanol–water partition coefficient (Wildman–Crippen LogP) is 1.86. The number of carbonyl (C=O) groups is 1. The first kappa shape index (κ1) is 10.8. The second kappa shape index (κ2) is 3.42. The second-order valence-electron chi connectivity index (χ2n) is 3.68. The Kier molecular flexibility index (Phi) is 2.31. The van der Waals surface area contributed by atoms with Crippen LogP contribution < -0.4 is 0 Å². The van der Waals surface area contributed by atoms with E-state index in [1.165, 1.54) is 6.07 Å². The Bertz CT molecular complexity index is 622. The lowest BCUT2D eigenvalue weighted by Crippen LogP contribution is -2.11. The molecule has 16 heavy (non-hydrogen) atoms. The Morgan fingerprint density at radius 1 is 1.19 bits per heavy atom. The van der Waals surface area contributed by atoms with E-state index in [0.29, 0.717) is 16.7 Å². The molecule has 1 aliphatic rings. The lowest BCUT2D eigenvalue weighted by molar-refractivity contribution is 0.103. The molecule has 0 heterocycles. The summed E-state index contributed by atoms with van der Waals surface area (Å²) < 4.78 is 23.1. The third-order valence-corrected chi connectivity index (χ3v) is 3.61. The molecule has 2 rings (SSSR count). The normalized spacial score (nSPS) is 15.1. The second-order valence-corrected chi connectivity index (χ2v) is 5.66. The number of carbonyl (C=O) groups excluding carboxylic acids is 1. The summed E-state index contributed by atoms with van der Waals surface area (Å²) in [5, 5.41) is 0. The summed E-state index contributed by atoms with van der Waals surface area (Å²) in [7, 11) is -3.32. The highest BCUT2D eigenvalue weighted by Crippen LogP contribution is 2.27. The number of allylic oxidation sites excluding steroid dienone is 2. The van der Waals surface area contributed by atoms with Crippen molar-refractivity contribution in [2.24, 2.45) is 0 Å². The van der Waals surface area contributed by atoms with Crippen LogP contribution in [-0.4, -0.2) is 20.5 Å². The zero-order valence-corrected chi connectivity index (χ0v) is 9.54. The SMILES string of the molecule is C=C1C=Cc2c(cccc2S(C)(=O)=O)C1=O. The highest BCUT2D eigenvalue weighted by atomic mass is 32.2. The van der Waals surface area contributed by atoms with Crippen LogP contribution in [-0.2, 0) is 9.84 Å². The van der Waals surface area contributed by atoms with E-state index in [1.54, 1.807) is 24.3 Å². The van der Waals surface area contributed by atoms with Gasteiger partial charge in [-0.25, -0.2) is 8.42 Å². The molecule has 0 aromatic heterocycles. The Hall–Kier alpha value is -1.68. The minimum absolute atomic E-state index is 0.183. The monoisotopic (exact) mass is 234 g/mol. The number of rotatable bonds is 1. The van der Waals surface area contributed by atoms with E-state index in [9.17, 15) is 13.2 Å². The lowest BCUT2D eigenvalue weighted by atomic mass is 9.93. The highest BCUT2D eigenvalue weighted by molar-refractivity contribution is 7.90. The number of hydrogen-bond acceptors (Lipinski definition) is 3. The molecule has 0 saturated carbocycles. The summed E-state index contributed by atoms with van der Waals surface area (Å²) in [6.07, 6.45) is 4.29. The van der Waals surface area contributed by atoms with Crippen LogP contribution in [0.1, 0.15) is 15.9 Å². The number of Topliss-reactive ketones (excluding diaryl/α,β-unsaturated/α-hetero) is 1. The molecule has 0 amide bonds. The average Bonchev–Trinajstić information content (AvgIpc) is 2.21. The van der Waals surface area contributed by atoms with Gasteiger partial charge >= 0.3 is 0 Å². The molecule has 0 saturated heterocycles. The van der Waals surface area contributed by atoms with Gasteiger partial charge in [0.2, 0.25) is 0 Å². The van der Waals surface area contributed by atoms with Gasteiger partial charge in [0.05, 0.1) is 4.90 Å². The summed E-state index contributed by atoms with van der Waals surface area (Å²) in [5.41, 5.74) is 1.23. The molecule has 4 heteroatoms. The van der Waals surface area contributed by atoms with E-state index >= 15 is 0 Å². The molecule has 0 N–H and O–H groups in total. The molecule has 0 spiro atoms. The lowest BCUT2D eigenvalue weighted by Gasteiger charge is -2.13. The minimum Gasteiger partial charge on any atom is -0.289 e. The van der Waals surface area contributed by atoms with Crippen LogP contribution in [0.5, 0.6) is 0 Å². The van der Waals surface area contributed by atoms with Gasteiger partial charge in [-0.3, -0.25) is 4.79 Å². The molecular weight excluding hydrogens is 224 g/mol. The average molecular weight is 234 g/mol. The van der Waals surface area contributed by atoms with Gasteiger partial charge in [0, 0.05) is 23.0 Å². The number of benzene rings is 1. The zero-order valence-electron chi connectivity index (χ0n) is 8.73. The number of ketones is 1. The first-order valence-electron chi connectivity index (χ1n) is 4.66. The molecule has 1 aliphatic carbocycles. The van der Waals surface area contributed by atoms with Crippen molar-refractivity contribution in [2.75, 3.05) is 6.26 Å². The molecule has 0 bridgehead atoms. The van der Waals surface area contributed by atoms with Gasteiger partial charge in [-0.1, -0.05) is 30.9 Å². The molecule has 0 unspecified atom stereocenters. The summed E-state index contributed by atoms with van der Waals surface area (Å²) in [6.45, 7) is 3.60. The molecule has 3 nitrogen and oxygen atoms in total. The molecule has 82 valence electrons. The summed E-state index contributed by atoms with van der Waals surface area (Å²) >= 11 is 0. The Morgan fingerprint density at radius 2 is 1.88 bits per heavy atom. The van der Waals surface area contributed by atoms with Crippen LogP contribution in [0.25, 0.3) is 6.08 Å². The van der Waals surface area contributed by atoms with Gasteiger partial charge in [-0.15, -0.1) is 0 Å². The van der Waals surface area contributed by atoms with E-state index in [4.69, 9.17) is 0 Å². The zero-order chi connectivity index (χ0) is 11.9. The maximum atomic E-state index is 11.8. The Labute approximate surface area is 94.0 Å². The van der Waals surface area contributed by atoms with Gasteiger partial charge in [0.25, 0.3) is 0 Å². The van der Waals surface area contributed by atoms with Crippen LogP contribution in [0.3, 0.4) is 0 Å². The molecule has 0 atom stereocenters. The van der Waals surface area contributed by atoms with Gasteiger partial charge < -0.3 is 0 Å². The molecule has 0 fully saturated rings. The van der Waals surface area contributed by atoms with Crippen LogP contribution in [0.4, 0.5) is 0 Å². The van der Waals surface area contributed by atoms with Crippen molar-refractivity contribution in [3.63, 3.8) is 0 Å². The minimum atomic E-state index is -3.32. The number of fused-ring (bicyclic) bond motifs is 1. The van der Waals surface area contributed by atoms with E-state index in [-0.39, 0.29) is 10.7 Å². The molecule has 1 aromatic carbocycles. The van der Waals surface area contributed by atoms with Crippen molar-refractivity contribution in [3.05, 3.63) is 47.6 Å². The van der Waals surface area contributed by atoms with Crippen molar-refractivity contribution >= 4 is 21.7 Å². The smallest absolute Gasteiger partial charge is 0.193 e. The quantitative estimate of drug-likeness (QED) is 0.697. The van der Waals surface area contributed by atoms with Crippen molar-refractivity contribution in [2.45, 2.75) is 4.90 Å². The summed E-state index contributed by atoms with van der Waals surface area (Å²) in [4.78, 5) is 11.9. The Balaban J connectivity index is 2.80. The topological polar surface area (TPSA) is 51.2 Å². The summed E-state index contributed by atoms with van der Waals surface area (Å²) in [6, 6.07) is 4.68. The maximum absolute atomic E-state index is 11.8. The largest absolute Gasteiger partial charge is 0.289 e.